The highest BCUT2D eigenvalue weighted by Gasteiger charge is 2.30. The number of carbonyl (C=O) groups is 1. The predicted octanol–water partition coefficient (Wildman–Crippen LogP) is 5.54. The van der Waals surface area contributed by atoms with Crippen molar-refractivity contribution in [3.8, 4) is 5.75 Å². The number of amides is 2. The van der Waals surface area contributed by atoms with Crippen molar-refractivity contribution in [3.05, 3.63) is 52.5 Å². The van der Waals surface area contributed by atoms with E-state index in [0.29, 0.717) is 10.7 Å². The molecule has 0 spiro atoms. The highest BCUT2D eigenvalue weighted by molar-refractivity contribution is 6.42. The van der Waals surface area contributed by atoms with E-state index in [-0.39, 0.29) is 16.5 Å². The summed E-state index contributed by atoms with van der Waals surface area (Å²) in [4.78, 5) is 11.8. The molecule has 0 unspecified atom stereocenters. The normalized spacial score (nSPS) is 11.0. The number of anilines is 2. The van der Waals surface area contributed by atoms with Gasteiger partial charge in [0.05, 0.1) is 10.0 Å². The molecule has 0 aromatic heterocycles. The van der Waals surface area contributed by atoms with Crippen LogP contribution in [0.3, 0.4) is 0 Å². The number of halogens is 5. The minimum absolute atomic E-state index is 0.276. The number of nitrogens with one attached hydrogen (secondary N) is 2. The van der Waals surface area contributed by atoms with Crippen LogP contribution in [0.25, 0.3) is 0 Å². The van der Waals surface area contributed by atoms with E-state index >= 15 is 0 Å². The Morgan fingerprint density at radius 3 is 2.04 bits per heavy atom. The van der Waals surface area contributed by atoms with Gasteiger partial charge in [-0.3, -0.25) is 0 Å². The highest BCUT2D eigenvalue weighted by atomic mass is 35.5. The SMILES string of the molecule is O=C(Nc1ccc(OC(F)(F)F)cc1)Nc1ccc(Cl)c(Cl)c1. The zero-order chi connectivity index (χ0) is 17.0. The third-order valence-corrected chi connectivity index (χ3v) is 3.26. The largest absolute Gasteiger partial charge is 0.573 e. The minimum Gasteiger partial charge on any atom is -0.406 e. The second-order valence-electron chi connectivity index (χ2n) is 4.28. The van der Waals surface area contributed by atoms with Crippen molar-refractivity contribution in [1.29, 1.82) is 0 Å². The minimum atomic E-state index is -4.76. The van der Waals surface area contributed by atoms with Gasteiger partial charge in [-0.05, 0) is 42.5 Å². The quantitative estimate of drug-likeness (QED) is 0.751. The second-order valence-corrected chi connectivity index (χ2v) is 5.09. The van der Waals surface area contributed by atoms with E-state index in [1.165, 1.54) is 24.3 Å². The van der Waals surface area contributed by atoms with E-state index < -0.39 is 12.4 Å². The van der Waals surface area contributed by atoms with Crippen molar-refractivity contribution in [1.82, 2.24) is 0 Å². The van der Waals surface area contributed by atoms with Crippen LogP contribution in [0.1, 0.15) is 0 Å². The summed E-state index contributed by atoms with van der Waals surface area (Å²) in [7, 11) is 0. The van der Waals surface area contributed by atoms with Crippen molar-refractivity contribution in [3.63, 3.8) is 0 Å². The zero-order valence-corrected chi connectivity index (χ0v) is 12.8. The van der Waals surface area contributed by atoms with Gasteiger partial charge in [0.1, 0.15) is 5.75 Å². The molecular formula is C14H9Cl2F3N2O2. The lowest BCUT2D eigenvalue weighted by Gasteiger charge is -2.11. The fourth-order valence-electron chi connectivity index (χ4n) is 1.61. The molecule has 2 N–H and O–H groups in total. The van der Waals surface area contributed by atoms with Crippen molar-refractivity contribution < 1.29 is 22.7 Å². The summed E-state index contributed by atoms with van der Waals surface area (Å²) in [5, 5.41) is 5.58. The molecule has 0 fully saturated rings. The molecule has 2 aromatic rings. The molecule has 0 aliphatic carbocycles. The lowest BCUT2D eigenvalue weighted by atomic mass is 10.3. The number of carbonyl (C=O) groups excluding carboxylic acids is 1. The van der Waals surface area contributed by atoms with Crippen molar-refractivity contribution >= 4 is 40.6 Å². The molecular weight excluding hydrogens is 356 g/mol. The first-order chi connectivity index (χ1) is 10.7. The Hall–Kier alpha value is -2.12. The number of urea groups is 1. The summed E-state index contributed by atoms with van der Waals surface area (Å²) in [5.74, 6) is -0.382. The Kier molecular flexibility index (Phi) is 5.23. The Balaban J connectivity index is 1.96. The van der Waals surface area contributed by atoms with Crippen LogP contribution in [0.5, 0.6) is 5.75 Å². The Morgan fingerprint density at radius 2 is 1.48 bits per heavy atom. The molecule has 2 rings (SSSR count). The first-order valence-corrected chi connectivity index (χ1v) is 6.87. The molecule has 0 heterocycles. The van der Waals surface area contributed by atoms with Crippen LogP contribution in [-0.2, 0) is 0 Å². The summed E-state index contributed by atoms with van der Waals surface area (Å²) >= 11 is 11.6. The molecule has 0 atom stereocenters. The molecule has 0 bridgehead atoms. The number of alkyl halides is 3. The fourth-order valence-corrected chi connectivity index (χ4v) is 1.91. The van der Waals surface area contributed by atoms with E-state index in [9.17, 15) is 18.0 Å². The van der Waals surface area contributed by atoms with Crippen LogP contribution in [0.4, 0.5) is 29.3 Å². The van der Waals surface area contributed by atoms with Crippen molar-refractivity contribution in [2.45, 2.75) is 6.36 Å². The molecule has 2 amide bonds. The average molecular weight is 365 g/mol. The van der Waals surface area contributed by atoms with Crippen molar-refractivity contribution in [2.75, 3.05) is 10.6 Å². The molecule has 4 nitrogen and oxygen atoms in total. The first kappa shape index (κ1) is 17.2. The van der Waals surface area contributed by atoms with Crippen LogP contribution in [-0.4, -0.2) is 12.4 Å². The maximum absolute atomic E-state index is 12.0. The van der Waals surface area contributed by atoms with Gasteiger partial charge < -0.3 is 15.4 Å². The molecule has 0 aliphatic rings. The van der Waals surface area contributed by atoms with Gasteiger partial charge in [0.15, 0.2) is 0 Å². The third-order valence-electron chi connectivity index (χ3n) is 2.52. The summed E-state index contributed by atoms with van der Waals surface area (Å²) in [6.45, 7) is 0. The van der Waals surface area contributed by atoms with E-state index in [4.69, 9.17) is 23.2 Å². The summed E-state index contributed by atoms with van der Waals surface area (Å²) < 4.78 is 39.8. The average Bonchev–Trinajstić information content (AvgIpc) is 2.43. The van der Waals surface area contributed by atoms with Gasteiger partial charge in [0.25, 0.3) is 0 Å². The van der Waals surface area contributed by atoms with Crippen molar-refractivity contribution in [2.24, 2.45) is 0 Å². The monoisotopic (exact) mass is 364 g/mol. The lowest BCUT2D eigenvalue weighted by molar-refractivity contribution is -0.274. The highest BCUT2D eigenvalue weighted by Crippen LogP contribution is 2.26. The topological polar surface area (TPSA) is 50.4 Å². The van der Waals surface area contributed by atoms with E-state index in [1.54, 1.807) is 6.07 Å². The van der Waals surface area contributed by atoms with Crippen LogP contribution in [0, 0.1) is 0 Å². The van der Waals surface area contributed by atoms with E-state index in [2.05, 4.69) is 15.4 Å². The maximum atomic E-state index is 12.0. The zero-order valence-electron chi connectivity index (χ0n) is 11.2. The molecule has 2 aromatic carbocycles. The van der Waals surface area contributed by atoms with E-state index in [0.717, 1.165) is 12.1 Å². The van der Waals surface area contributed by atoms with Crippen LogP contribution in [0.15, 0.2) is 42.5 Å². The van der Waals surface area contributed by atoms with E-state index in [1.807, 2.05) is 0 Å². The number of hydrogen-bond donors (Lipinski definition) is 2. The number of hydrogen-bond acceptors (Lipinski definition) is 2. The molecule has 0 aliphatic heterocycles. The second kappa shape index (κ2) is 6.97. The first-order valence-electron chi connectivity index (χ1n) is 6.12. The fraction of sp³-hybridized carbons (Fsp3) is 0.0714. The number of rotatable bonds is 3. The van der Waals surface area contributed by atoms with Crippen LogP contribution < -0.4 is 15.4 Å². The van der Waals surface area contributed by atoms with Crippen LogP contribution in [0.2, 0.25) is 10.0 Å². The molecule has 0 radical (unpaired) electrons. The molecule has 9 heteroatoms. The predicted molar refractivity (Wildman–Crippen MR) is 82.2 cm³/mol. The lowest BCUT2D eigenvalue weighted by Crippen LogP contribution is -2.19. The summed E-state index contributed by atoms with van der Waals surface area (Å²) in [5.41, 5.74) is 0.700. The van der Waals surface area contributed by atoms with Gasteiger partial charge in [-0.2, -0.15) is 0 Å². The smallest absolute Gasteiger partial charge is 0.406 e. The van der Waals surface area contributed by atoms with Gasteiger partial charge in [0, 0.05) is 11.4 Å². The van der Waals surface area contributed by atoms with Gasteiger partial charge >= 0.3 is 12.4 Å². The van der Waals surface area contributed by atoms with Gasteiger partial charge in [0.2, 0.25) is 0 Å². The summed E-state index contributed by atoms with van der Waals surface area (Å²) in [6, 6.07) is 8.66. The van der Waals surface area contributed by atoms with Gasteiger partial charge in [-0.1, -0.05) is 23.2 Å². The maximum Gasteiger partial charge on any atom is 0.573 e. The van der Waals surface area contributed by atoms with Gasteiger partial charge in [-0.15, -0.1) is 13.2 Å². The Bertz CT molecular complexity index is 706. The Labute approximate surface area is 139 Å². The Morgan fingerprint density at radius 1 is 0.913 bits per heavy atom. The molecule has 0 saturated carbocycles. The third kappa shape index (κ3) is 5.54. The molecule has 23 heavy (non-hydrogen) atoms. The molecule has 122 valence electrons. The van der Waals surface area contributed by atoms with Gasteiger partial charge in [-0.25, -0.2) is 4.79 Å². The summed E-state index contributed by atoms with van der Waals surface area (Å²) in [6.07, 6.45) is -4.76. The molecule has 0 saturated heterocycles. The van der Waals surface area contributed by atoms with Crippen LogP contribution >= 0.6 is 23.2 Å². The standard InChI is InChI=1S/C14H9Cl2F3N2O2/c15-11-6-3-9(7-12(11)16)21-13(22)20-8-1-4-10(5-2-8)23-14(17,18)19/h1-7H,(H2,20,21,22). The number of ether oxygens (including phenoxy) is 1. The number of benzene rings is 2.